The molecule has 0 fully saturated rings. The van der Waals surface area contributed by atoms with E-state index in [0.717, 1.165) is 5.56 Å². The number of hydrogen-bond acceptors (Lipinski definition) is 3. The molecule has 0 saturated carbocycles. The molecular weight excluding hydrogens is 345 g/mol. The second kappa shape index (κ2) is 7.43. The number of rotatable bonds is 5. The van der Waals surface area contributed by atoms with Gasteiger partial charge in [-0.15, -0.1) is 0 Å². The first kappa shape index (κ1) is 16.4. The van der Waals surface area contributed by atoms with Gasteiger partial charge in [0.05, 0.1) is 6.54 Å². The Labute approximate surface area is 149 Å². The Morgan fingerprint density at radius 2 is 1.83 bits per heavy atom. The van der Waals surface area contributed by atoms with E-state index in [1.54, 1.807) is 47.4 Å². The first-order valence-corrected chi connectivity index (χ1v) is 7.97. The highest BCUT2D eigenvalue weighted by Gasteiger charge is 2.14. The van der Waals surface area contributed by atoms with Crippen molar-refractivity contribution in [2.75, 3.05) is 0 Å². The highest BCUT2D eigenvalue weighted by Crippen LogP contribution is 2.21. The largest absolute Gasteiger partial charge is 0.289 e. The Kier molecular flexibility index (Phi) is 5.08. The van der Waals surface area contributed by atoms with Gasteiger partial charge in [-0.2, -0.15) is 5.10 Å². The van der Waals surface area contributed by atoms with Crippen molar-refractivity contribution >= 4 is 35.1 Å². The van der Waals surface area contributed by atoms with Crippen LogP contribution in [0.15, 0.2) is 66.8 Å². The van der Waals surface area contributed by atoms with E-state index < -0.39 is 0 Å². The quantitative estimate of drug-likeness (QED) is 0.497. The third kappa shape index (κ3) is 3.91. The van der Waals surface area contributed by atoms with Crippen LogP contribution in [-0.2, 0) is 6.54 Å². The predicted molar refractivity (Wildman–Crippen MR) is 95.2 cm³/mol. The summed E-state index contributed by atoms with van der Waals surface area (Å²) in [5, 5.41) is 5.23. The van der Waals surface area contributed by atoms with Crippen molar-refractivity contribution in [1.29, 1.82) is 0 Å². The number of carbonyl (C=O) groups excluding carboxylic acids is 1. The molecule has 0 amide bonds. The average molecular weight is 358 g/mol. The number of nitrogens with zero attached hydrogens (tertiary/aromatic N) is 3. The van der Waals surface area contributed by atoms with Gasteiger partial charge in [-0.3, -0.25) is 4.79 Å². The van der Waals surface area contributed by atoms with Crippen LogP contribution in [0.2, 0.25) is 10.0 Å². The van der Waals surface area contributed by atoms with Gasteiger partial charge in [0.15, 0.2) is 5.78 Å². The smallest absolute Gasteiger partial charge is 0.190 e. The molecule has 0 bridgehead atoms. The molecule has 0 spiro atoms. The van der Waals surface area contributed by atoms with Gasteiger partial charge in [0.2, 0.25) is 0 Å². The highest BCUT2D eigenvalue weighted by atomic mass is 35.5. The molecule has 3 aromatic rings. The summed E-state index contributed by atoms with van der Waals surface area (Å²) in [6, 6.07) is 14.1. The molecular formula is C18H13Cl2N3O. The van der Waals surface area contributed by atoms with Gasteiger partial charge in [-0.1, -0.05) is 41.4 Å². The fraction of sp³-hybridized carbons (Fsp3) is 0.0556. The van der Waals surface area contributed by atoms with Crippen LogP contribution < -0.4 is 0 Å². The van der Waals surface area contributed by atoms with Gasteiger partial charge in [-0.25, -0.2) is 9.67 Å². The van der Waals surface area contributed by atoms with Gasteiger partial charge in [0, 0.05) is 21.2 Å². The third-order valence-corrected chi connectivity index (χ3v) is 4.03. The molecule has 1 aromatic heterocycles. The minimum absolute atomic E-state index is 0.109. The fourth-order valence-corrected chi connectivity index (χ4v) is 2.55. The Morgan fingerprint density at radius 3 is 2.50 bits per heavy atom. The van der Waals surface area contributed by atoms with E-state index in [1.807, 2.05) is 18.2 Å². The first-order valence-electron chi connectivity index (χ1n) is 7.21. The van der Waals surface area contributed by atoms with Gasteiger partial charge >= 0.3 is 0 Å². The predicted octanol–water partition coefficient (Wildman–Crippen LogP) is 4.55. The van der Waals surface area contributed by atoms with E-state index in [9.17, 15) is 4.79 Å². The molecule has 0 N–H and O–H groups in total. The van der Waals surface area contributed by atoms with E-state index in [1.165, 1.54) is 6.33 Å². The van der Waals surface area contributed by atoms with Crippen molar-refractivity contribution in [3.05, 3.63) is 87.9 Å². The Balaban J connectivity index is 2.00. The topological polar surface area (TPSA) is 47.8 Å². The Hall–Kier alpha value is -2.43. The minimum atomic E-state index is -0.109. The maximum atomic E-state index is 12.9. The standard InChI is InChI=1S/C18H13Cl2N3O/c19-16-7-5-13(6-8-16)18(24)15(10-23-12-21-11-22-23)9-14-3-1-2-4-17(14)20/h1-9,11-12H,10H2/b15-9+. The molecule has 0 aliphatic carbocycles. The Morgan fingerprint density at radius 1 is 1.08 bits per heavy atom. The second-order valence-corrected chi connectivity index (χ2v) is 5.96. The minimum Gasteiger partial charge on any atom is -0.289 e. The van der Waals surface area contributed by atoms with Crippen molar-refractivity contribution in [3.63, 3.8) is 0 Å². The summed E-state index contributed by atoms with van der Waals surface area (Å²) in [5.41, 5.74) is 1.88. The van der Waals surface area contributed by atoms with Crippen molar-refractivity contribution in [2.24, 2.45) is 0 Å². The second-order valence-electron chi connectivity index (χ2n) is 5.12. The van der Waals surface area contributed by atoms with Gasteiger partial charge in [-0.05, 0) is 42.0 Å². The number of benzene rings is 2. The molecule has 6 heteroatoms. The van der Waals surface area contributed by atoms with Crippen LogP contribution in [-0.4, -0.2) is 20.5 Å². The summed E-state index contributed by atoms with van der Waals surface area (Å²) in [4.78, 5) is 16.8. The molecule has 0 atom stereocenters. The van der Waals surface area contributed by atoms with E-state index in [0.29, 0.717) is 27.7 Å². The maximum Gasteiger partial charge on any atom is 0.190 e. The first-order chi connectivity index (χ1) is 11.6. The third-order valence-electron chi connectivity index (χ3n) is 3.43. The number of hydrogen-bond donors (Lipinski definition) is 0. The van der Waals surface area contributed by atoms with Crippen molar-refractivity contribution < 1.29 is 4.79 Å². The van der Waals surface area contributed by atoms with Crippen molar-refractivity contribution in [2.45, 2.75) is 6.54 Å². The summed E-state index contributed by atoms with van der Waals surface area (Å²) in [6.45, 7) is 0.298. The molecule has 2 aromatic carbocycles. The maximum absolute atomic E-state index is 12.9. The number of aromatic nitrogens is 3. The van der Waals surface area contributed by atoms with Gasteiger partial charge < -0.3 is 0 Å². The molecule has 120 valence electrons. The lowest BCUT2D eigenvalue weighted by Crippen LogP contribution is -2.11. The fourth-order valence-electron chi connectivity index (χ4n) is 2.24. The van der Waals surface area contributed by atoms with Crippen LogP contribution >= 0.6 is 23.2 Å². The van der Waals surface area contributed by atoms with E-state index in [-0.39, 0.29) is 5.78 Å². The van der Waals surface area contributed by atoms with Crippen LogP contribution in [0.4, 0.5) is 0 Å². The van der Waals surface area contributed by atoms with E-state index >= 15 is 0 Å². The summed E-state index contributed by atoms with van der Waals surface area (Å²) < 4.78 is 1.59. The van der Waals surface area contributed by atoms with Crippen molar-refractivity contribution in [1.82, 2.24) is 14.8 Å². The van der Waals surface area contributed by atoms with Gasteiger partial charge in [0.1, 0.15) is 12.7 Å². The molecule has 4 nitrogen and oxygen atoms in total. The van der Waals surface area contributed by atoms with Crippen LogP contribution in [0.3, 0.4) is 0 Å². The number of allylic oxidation sites excluding steroid dienone is 1. The lowest BCUT2D eigenvalue weighted by Gasteiger charge is -2.08. The summed E-state index contributed by atoms with van der Waals surface area (Å²) >= 11 is 12.1. The Bertz CT molecular complexity index is 872. The normalized spacial score (nSPS) is 11.5. The van der Waals surface area contributed by atoms with Crippen LogP contribution in [0.5, 0.6) is 0 Å². The average Bonchev–Trinajstić information content (AvgIpc) is 3.09. The zero-order valence-electron chi connectivity index (χ0n) is 12.6. The van der Waals surface area contributed by atoms with Crippen LogP contribution in [0, 0.1) is 0 Å². The summed E-state index contributed by atoms with van der Waals surface area (Å²) in [6.07, 6.45) is 4.77. The molecule has 0 aliphatic heterocycles. The number of halogens is 2. The summed E-state index contributed by atoms with van der Waals surface area (Å²) in [7, 11) is 0. The zero-order chi connectivity index (χ0) is 16.9. The lowest BCUT2D eigenvalue weighted by molar-refractivity contribution is 0.103. The molecule has 0 aliphatic rings. The molecule has 3 rings (SSSR count). The molecule has 24 heavy (non-hydrogen) atoms. The molecule has 1 heterocycles. The monoisotopic (exact) mass is 357 g/mol. The summed E-state index contributed by atoms with van der Waals surface area (Å²) in [5.74, 6) is -0.109. The van der Waals surface area contributed by atoms with E-state index in [2.05, 4.69) is 10.1 Å². The number of Topliss-reactive ketones (excluding diaryl/α,β-unsaturated/α-hetero) is 1. The van der Waals surface area contributed by atoms with Crippen LogP contribution in [0.25, 0.3) is 6.08 Å². The number of ketones is 1. The molecule has 0 unspecified atom stereocenters. The van der Waals surface area contributed by atoms with Gasteiger partial charge in [0.25, 0.3) is 0 Å². The van der Waals surface area contributed by atoms with Crippen molar-refractivity contribution in [3.8, 4) is 0 Å². The zero-order valence-corrected chi connectivity index (χ0v) is 14.1. The molecule has 0 saturated heterocycles. The highest BCUT2D eigenvalue weighted by molar-refractivity contribution is 6.32. The number of carbonyl (C=O) groups is 1. The lowest BCUT2D eigenvalue weighted by atomic mass is 10.0. The molecule has 0 radical (unpaired) electrons. The van der Waals surface area contributed by atoms with Crippen LogP contribution in [0.1, 0.15) is 15.9 Å². The SMILES string of the molecule is O=C(/C(=C/c1ccccc1Cl)Cn1cncn1)c1ccc(Cl)cc1. The van der Waals surface area contributed by atoms with E-state index in [4.69, 9.17) is 23.2 Å².